The van der Waals surface area contributed by atoms with Crippen molar-refractivity contribution in [2.24, 2.45) is 0 Å². The molecule has 1 atom stereocenters. The van der Waals surface area contributed by atoms with Gasteiger partial charge in [0.25, 0.3) is 10.0 Å². The summed E-state index contributed by atoms with van der Waals surface area (Å²) in [5.41, 5.74) is 1.31. The Labute approximate surface area is 309 Å². The Bertz CT molecular complexity index is 1940. The zero-order chi connectivity index (χ0) is 37.3. The molecular formula is C37H41Cl2N3O8S. The molecule has 272 valence electrons. The van der Waals surface area contributed by atoms with Gasteiger partial charge in [-0.2, -0.15) is 0 Å². The van der Waals surface area contributed by atoms with Crippen molar-refractivity contribution in [3.63, 3.8) is 0 Å². The lowest BCUT2D eigenvalue weighted by Crippen LogP contribution is -2.54. The molecule has 0 aromatic heterocycles. The number of benzene rings is 4. The first-order valence-electron chi connectivity index (χ1n) is 15.9. The number of nitrogens with zero attached hydrogens (tertiary/aromatic N) is 2. The van der Waals surface area contributed by atoms with Gasteiger partial charge in [0.2, 0.25) is 11.8 Å². The molecule has 11 nitrogen and oxygen atoms in total. The van der Waals surface area contributed by atoms with E-state index >= 15 is 0 Å². The highest BCUT2D eigenvalue weighted by Crippen LogP contribution is 2.38. The van der Waals surface area contributed by atoms with Gasteiger partial charge in [-0.3, -0.25) is 13.9 Å². The second-order valence-corrected chi connectivity index (χ2v) is 14.4. The summed E-state index contributed by atoms with van der Waals surface area (Å²) >= 11 is 12.8. The zero-order valence-electron chi connectivity index (χ0n) is 29.2. The maximum atomic E-state index is 14.8. The number of halogens is 2. The Morgan fingerprint density at radius 3 is 2.06 bits per heavy atom. The van der Waals surface area contributed by atoms with E-state index in [2.05, 4.69) is 5.32 Å². The number of methoxy groups -OCH3 is 4. The first-order valence-corrected chi connectivity index (χ1v) is 18.1. The summed E-state index contributed by atoms with van der Waals surface area (Å²) in [5, 5.41) is 3.58. The molecule has 14 heteroatoms. The van der Waals surface area contributed by atoms with Crippen LogP contribution in [0.15, 0.2) is 89.8 Å². The molecule has 0 aliphatic carbocycles. The molecular weight excluding hydrogens is 717 g/mol. The van der Waals surface area contributed by atoms with Gasteiger partial charge in [-0.1, -0.05) is 59.6 Å². The lowest BCUT2D eigenvalue weighted by Gasteiger charge is -2.34. The molecule has 0 saturated carbocycles. The van der Waals surface area contributed by atoms with Gasteiger partial charge in [-0.25, -0.2) is 8.42 Å². The van der Waals surface area contributed by atoms with E-state index in [-0.39, 0.29) is 46.1 Å². The molecule has 4 rings (SSSR count). The van der Waals surface area contributed by atoms with E-state index in [1.54, 1.807) is 18.2 Å². The van der Waals surface area contributed by atoms with E-state index in [9.17, 15) is 18.0 Å². The minimum atomic E-state index is -4.54. The van der Waals surface area contributed by atoms with Crippen LogP contribution in [-0.2, 0) is 32.6 Å². The minimum Gasteiger partial charge on any atom is -0.497 e. The summed E-state index contributed by atoms with van der Waals surface area (Å²) in [6, 6.07) is 21.4. The number of sulfonamides is 1. The molecule has 0 radical (unpaired) electrons. The first-order chi connectivity index (χ1) is 24.3. The van der Waals surface area contributed by atoms with Gasteiger partial charge < -0.3 is 29.2 Å². The van der Waals surface area contributed by atoms with Crippen LogP contribution in [-0.4, -0.2) is 72.2 Å². The second kappa shape index (κ2) is 17.5. The quantitative estimate of drug-likeness (QED) is 0.140. The van der Waals surface area contributed by atoms with Crippen molar-refractivity contribution in [2.45, 2.75) is 43.8 Å². The van der Waals surface area contributed by atoms with Crippen LogP contribution >= 0.6 is 23.2 Å². The molecule has 2 amide bonds. The van der Waals surface area contributed by atoms with Gasteiger partial charge in [0, 0.05) is 41.2 Å². The predicted molar refractivity (Wildman–Crippen MR) is 198 cm³/mol. The zero-order valence-corrected chi connectivity index (χ0v) is 31.5. The van der Waals surface area contributed by atoms with Crippen molar-refractivity contribution >= 4 is 50.7 Å². The summed E-state index contributed by atoms with van der Waals surface area (Å²) in [7, 11) is 1.10. The van der Waals surface area contributed by atoms with Crippen molar-refractivity contribution < 1.29 is 37.0 Å². The Morgan fingerprint density at radius 2 is 1.45 bits per heavy atom. The Morgan fingerprint density at radius 1 is 0.784 bits per heavy atom. The summed E-state index contributed by atoms with van der Waals surface area (Å²) in [5.74, 6) is -0.193. The van der Waals surface area contributed by atoms with E-state index in [0.717, 1.165) is 9.87 Å². The number of hydrogen-bond donors (Lipinski definition) is 1. The van der Waals surface area contributed by atoms with Gasteiger partial charge in [0.15, 0.2) is 11.5 Å². The fraction of sp³-hybridized carbons (Fsp3) is 0.297. The Kier molecular flexibility index (Phi) is 13.4. The minimum absolute atomic E-state index is 0.0238. The van der Waals surface area contributed by atoms with Crippen LogP contribution in [0, 0.1) is 0 Å². The van der Waals surface area contributed by atoms with Gasteiger partial charge >= 0.3 is 0 Å². The number of amides is 2. The fourth-order valence-electron chi connectivity index (χ4n) is 5.38. The third-order valence-electron chi connectivity index (χ3n) is 7.93. The number of anilines is 1. The molecule has 0 spiro atoms. The molecule has 51 heavy (non-hydrogen) atoms. The smallest absolute Gasteiger partial charge is 0.265 e. The SMILES string of the molecule is COc1ccc(OC)c(N(CC(=O)N(Cc2ccc(Cl)cc2Cl)C(Cc2ccccc2)C(=O)NC(C)C)S(=O)(=O)c2ccc(OC)c(OC)c2)c1. The largest absolute Gasteiger partial charge is 0.497 e. The molecule has 0 aliphatic heterocycles. The highest BCUT2D eigenvalue weighted by Gasteiger charge is 2.36. The van der Waals surface area contributed by atoms with E-state index in [1.807, 2.05) is 44.2 Å². The molecule has 0 aliphatic rings. The number of hydrogen-bond acceptors (Lipinski definition) is 8. The van der Waals surface area contributed by atoms with Crippen LogP contribution in [0.4, 0.5) is 5.69 Å². The van der Waals surface area contributed by atoms with E-state index in [4.69, 9.17) is 42.1 Å². The van der Waals surface area contributed by atoms with Crippen molar-refractivity contribution in [1.82, 2.24) is 10.2 Å². The molecule has 0 fully saturated rings. The Hall–Kier alpha value is -4.65. The van der Waals surface area contributed by atoms with Gasteiger partial charge in [0.1, 0.15) is 24.1 Å². The van der Waals surface area contributed by atoms with Crippen LogP contribution < -0.4 is 28.6 Å². The monoisotopic (exact) mass is 757 g/mol. The summed E-state index contributed by atoms with van der Waals surface area (Å²) in [6.07, 6.45) is 0.126. The number of carbonyl (C=O) groups is 2. The third kappa shape index (κ3) is 9.57. The van der Waals surface area contributed by atoms with Gasteiger partial charge in [-0.05, 0) is 61.4 Å². The highest BCUT2D eigenvalue weighted by molar-refractivity contribution is 7.92. The van der Waals surface area contributed by atoms with Crippen molar-refractivity contribution in [3.05, 3.63) is 106 Å². The van der Waals surface area contributed by atoms with Crippen LogP contribution in [0.3, 0.4) is 0 Å². The number of nitrogens with one attached hydrogen (secondary N) is 1. The predicted octanol–water partition coefficient (Wildman–Crippen LogP) is 6.39. The normalized spacial score (nSPS) is 11.8. The summed E-state index contributed by atoms with van der Waals surface area (Å²) in [4.78, 5) is 30.0. The molecule has 0 saturated heterocycles. The van der Waals surface area contributed by atoms with Crippen LogP contribution in [0.25, 0.3) is 0 Å². The second-order valence-electron chi connectivity index (χ2n) is 11.7. The lowest BCUT2D eigenvalue weighted by atomic mass is 10.0. The highest BCUT2D eigenvalue weighted by atomic mass is 35.5. The Balaban J connectivity index is 1.92. The van der Waals surface area contributed by atoms with Crippen LogP contribution in [0.5, 0.6) is 23.0 Å². The average molecular weight is 759 g/mol. The molecule has 0 heterocycles. The molecule has 1 N–H and O–H groups in total. The van der Waals surface area contributed by atoms with Gasteiger partial charge in [0.05, 0.1) is 39.0 Å². The topological polar surface area (TPSA) is 124 Å². The number of carbonyl (C=O) groups excluding carboxylic acids is 2. The fourth-order valence-corrected chi connectivity index (χ4v) is 7.28. The van der Waals surface area contributed by atoms with Crippen molar-refractivity contribution in [1.29, 1.82) is 0 Å². The maximum absolute atomic E-state index is 14.8. The molecule has 4 aromatic rings. The third-order valence-corrected chi connectivity index (χ3v) is 10.3. The molecule has 0 bridgehead atoms. The summed E-state index contributed by atoms with van der Waals surface area (Å²) < 4.78 is 52.0. The first kappa shape index (κ1) is 39.1. The van der Waals surface area contributed by atoms with Crippen LogP contribution in [0.1, 0.15) is 25.0 Å². The lowest BCUT2D eigenvalue weighted by molar-refractivity contribution is -0.140. The maximum Gasteiger partial charge on any atom is 0.265 e. The number of rotatable bonds is 16. The van der Waals surface area contributed by atoms with Gasteiger partial charge in [-0.15, -0.1) is 0 Å². The molecule has 4 aromatic carbocycles. The standard InChI is InChI=1S/C37H41Cl2N3O8S/c1-24(2)40-37(44)32(18-25-10-8-7-9-11-25)41(22-26-12-13-27(38)19-30(26)39)36(43)23-42(31-20-28(47-3)14-16-33(31)48-4)51(45,46)29-15-17-34(49-5)35(21-29)50-6/h7-17,19-21,24,32H,18,22-23H2,1-6H3,(H,40,44). The molecule has 1 unspecified atom stereocenters. The summed E-state index contributed by atoms with van der Waals surface area (Å²) in [6.45, 7) is 2.74. The number of ether oxygens (including phenoxy) is 4. The van der Waals surface area contributed by atoms with Crippen molar-refractivity contribution in [3.8, 4) is 23.0 Å². The van der Waals surface area contributed by atoms with E-state index < -0.39 is 34.4 Å². The van der Waals surface area contributed by atoms with E-state index in [1.165, 1.54) is 69.7 Å². The van der Waals surface area contributed by atoms with Crippen molar-refractivity contribution in [2.75, 3.05) is 39.3 Å². The van der Waals surface area contributed by atoms with E-state index in [0.29, 0.717) is 22.1 Å². The average Bonchev–Trinajstić information content (AvgIpc) is 3.12. The van der Waals surface area contributed by atoms with Crippen LogP contribution in [0.2, 0.25) is 10.0 Å².